The van der Waals surface area contributed by atoms with Crippen molar-refractivity contribution < 1.29 is 13.3 Å². The van der Waals surface area contributed by atoms with E-state index in [2.05, 4.69) is 20.8 Å². The van der Waals surface area contributed by atoms with Gasteiger partial charge in [-0.1, -0.05) is 20.8 Å². The molecule has 0 aromatic carbocycles. The molecule has 0 unspecified atom stereocenters. The lowest BCUT2D eigenvalue weighted by molar-refractivity contribution is 0.0893. The summed E-state index contributed by atoms with van der Waals surface area (Å²) in [7, 11) is 2.54. The number of hydrogen-bond acceptors (Lipinski definition) is 3. The van der Waals surface area contributed by atoms with Crippen molar-refractivity contribution in [3.8, 4) is 0 Å². The van der Waals surface area contributed by atoms with Gasteiger partial charge < -0.3 is 13.3 Å². The van der Waals surface area contributed by atoms with Crippen molar-refractivity contribution in [1.82, 2.24) is 0 Å². The topological polar surface area (TPSA) is 27.7 Å². The van der Waals surface area contributed by atoms with Gasteiger partial charge in [0.1, 0.15) is 0 Å². The fourth-order valence-corrected chi connectivity index (χ4v) is 4.52. The van der Waals surface area contributed by atoms with Crippen molar-refractivity contribution in [2.75, 3.05) is 21.3 Å². The Balaban J connectivity index is 4.87. The van der Waals surface area contributed by atoms with Gasteiger partial charge in [0.2, 0.25) is 0 Å². The maximum atomic E-state index is 5.48. The Morgan fingerprint density at radius 2 is 1.23 bits per heavy atom. The molecule has 0 amide bonds. The van der Waals surface area contributed by atoms with E-state index in [-0.39, 0.29) is 5.04 Å². The summed E-state index contributed by atoms with van der Waals surface area (Å²) in [4.78, 5) is 0. The Morgan fingerprint density at radius 1 is 0.923 bits per heavy atom. The Hall–Kier alpha value is 0.0969. The van der Waals surface area contributed by atoms with E-state index in [0.29, 0.717) is 0 Å². The summed E-state index contributed by atoms with van der Waals surface area (Å²) in [6.45, 7) is 6.44. The summed E-state index contributed by atoms with van der Waals surface area (Å²) in [6.07, 6.45) is 2.01. The lowest BCUT2D eigenvalue weighted by atomic mass is 10.1. The molecule has 0 N–H and O–H groups in total. The Labute approximate surface area is 82.8 Å². The SMILES string of the molecule is CCC(C)(CC)[Si](OC)(OC)OC. The molecule has 0 heterocycles. The Bertz CT molecular complexity index is 134. The third-order valence-electron chi connectivity index (χ3n) is 3.11. The summed E-state index contributed by atoms with van der Waals surface area (Å²) in [5.74, 6) is 0. The Kier molecular flexibility index (Phi) is 5.13. The Morgan fingerprint density at radius 3 is 1.31 bits per heavy atom. The van der Waals surface area contributed by atoms with Gasteiger partial charge in [-0.3, -0.25) is 0 Å². The first-order chi connectivity index (χ1) is 6.05. The van der Waals surface area contributed by atoms with Crippen LogP contribution in [0.3, 0.4) is 0 Å². The molecule has 0 aromatic heterocycles. The van der Waals surface area contributed by atoms with Crippen LogP contribution in [0, 0.1) is 0 Å². The van der Waals surface area contributed by atoms with Crippen molar-refractivity contribution in [3.05, 3.63) is 0 Å². The second-order valence-electron chi connectivity index (χ2n) is 3.44. The highest BCUT2D eigenvalue weighted by Crippen LogP contribution is 2.44. The van der Waals surface area contributed by atoms with Gasteiger partial charge in [-0.05, 0) is 12.8 Å². The van der Waals surface area contributed by atoms with E-state index in [1.165, 1.54) is 0 Å². The van der Waals surface area contributed by atoms with Gasteiger partial charge in [0.15, 0.2) is 0 Å². The third-order valence-corrected chi connectivity index (χ3v) is 6.90. The van der Waals surface area contributed by atoms with Crippen LogP contribution in [-0.4, -0.2) is 30.1 Å². The normalized spacial score (nSPS) is 13.4. The largest absolute Gasteiger partial charge is 0.506 e. The van der Waals surface area contributed by atoms with Crippen LogP contribution < -0.4 is 0 Å². The maximum absolute atomic E-state index is 5.48. The lowest BCUT2D eigenvalue weighted by Crippen LogP contribution is -2.53. The van der Waals surface area contributed by atoms with E-state index in [1.807, 2.05) is 0 Å². The molecular formula is C9H22O3Si. The second kappa shape index (κ2) is 5.10. The fourth-order valence-electron chi connectivity index (χ4n) is 1.67. The van der Waals surface area contributed by atoms with Crippen molar-refractivity contribution in [2.45, 2.75) is 38.7 Å². The first kappa shape index (κ1) is 13.1. The fraction of sp³-hybridized carbons (Fsp3) is 1.00. The predicted molar refractivity (Wildman–Crippen MR) is 55.7 cm³/mol. The van der Waals surface area contributed by atoms with E-state index in [1.54, 1.807) is 21.3 Å². The molecule has 0 aliphatic carbocycles. The van der Waals surface area contributed by atoms with Crippen LogP contribution in [0.5, 0.6) is 0 Å². The van der Waals surface area contributed by atoms with E-state index in [0.717, 1.165) is 12.8 Å². The zero-order valence-corrected chi connectivity index (χ0v) is 10.6. The van der Waals surface area contributed by atoms with Gasteiger partial charge in [-0.2, -0.15) is 0 Å². The van der Waals surface area contributed by atoms with Crippen LogP contribution in [0.1, 0.15) is 33.6 Å². The quantitative estimate of drug-likeness (QED) is 0.625. The highest BCUT2D eigenvalue weighted by atomic mass is 28.4. The van der Waals surface area contributed by atoms with Gasteiger partial charge >= 0.3 is 8.80 Å². The number of hydrogen-bond donors (Lipinski definition) is 0. The summed E-state index contributed by atoms with van der Waals surface area (Å²) in [5, 5.41) is 0.0191. The monoisotopic (exact) mass is 206 g/mol. The van der Waals surface area contributed by atoms with Gasteiger partial charge in [0, 0.05) is 26.4 Å². The molecule has 0 atom stereocenters. The minimum atomic E-state index is -2.47. The summed E-state index contributed by atoms with van der Waals surface area (Å²) in [6, 6.07) is 0. The minimum Gasteiger partial charge on any atom is -0.377 e. The first-order valence-electron chi connectivity index (χ1n) is 4.71. The van der Waals surface area contributed by atoms with Crippen molar-refractivity contribution in [3.63, 3.8) is 0 Å². The number of rotatable bonds is 6. The molecule has 0 bridgehead atoms. The molecule has 80 valence electrons. The van der Waals surface area contributed by atoms with Crippen LogP contribution in [0.25, 0.3) is 0 Å². The lowest BCUT2D eigenvalue weighted by Gasteiger charge is -2.39. The van der Waals surface area contributed by atoms with Crippen LogP contribution in [0.2, 0.25) is 5.04 Å². The maximum Gasteiger partial charge on any atom is 0.506 e. The molecule has 4 heteroatoms. The molecule has 0 radical (unpaired) electrons. The van der Waals surface area contributed by atoms with Crippen LogP contribution in [-0.2, 0) is 13.3 Å². The second-order valence-corrected chi connectivity index (χ2v) is 6.98. The summed E-state index contributed by atoms with van der Waals surface area (Å²) < 4.78 is 16.4. The van der Waals surface area contributed by atoms with E-state index in [4.69, 9.17) is 13.3 Å². The smallest absolute Gasteiger partial charge is 0.377 e. The predicted octanol–water partition coefficient (Wildman–Crippen LogP) is 2.44. The molecule has 3 nitrogen and oxygen atoms in total. The molecule has 0 saturated heterocycles. The van der Waals surface area contributed by atoms with Crippen LogP contribution in [0.4, 0.5) is 0 Å². The molecule has 0 rings (SSSR count). The van der Waals surface area contributed by atoms with Gasteiger partial charge in [-0.25, -0.2) is 0 Å². The molecule has 0 aliphatic heterocycles. The zero-order chi connectivity index (χ0) is 10.5. The van der Waals surface area contributed by atoms with Gasteiger partial charge in [0.05, 0.1) is 0 Å². The van der Waals surface area contributed by atoms with E-state index < -0.39 is 8.80 Å². The highest BCUT2D eigenvalue weighted by Gasteiger charge is 2.54. The highest BCUT2D eigenvalue weighted by molar-refractivity contribution is 6.64. The molecule has 0 aromatic rings. The molecular weight excluding hydrogens is 184 g/mol. The third kappa shape index (κ3) is 2.12. The zero-order valence-electron chi connectivity index (χ0n) is 9.64. The van der Waals surface area contributed by atoms with Crippen LogP contribution >= 0.6 is 0 Å². The van der Waals surface area contributed by atoms with Crippen LogP contribution in [0.15, 0.2) is 0 Å². The van der Waals surface area contributed by atoms with Crippen molar-refractivity contribution in [2.24, 2.45) is 0 Å². The van der Waals surface area contributed by atoms with Gasteiger partial charge in [-0.15, -0.1) is 0 Å². The molecule has 0 aliphatic rings. The molecule has 0 spiro atoms. The molecule has 0 fully saturated rings. The van der Waals surface area contributed by atoms with Gasteiger partial charge in [0.25, 0.3) is 0 Å². The average molecular weight is 206 g/mol. The minimum absolute atomic E-state index is 0.0191. The standard InChI is InChI=1S/C9H22O3Si/c1-7-9(3,8-2)13(10-4,11-5)12-6/h7-8H2,1-6H3. The first-order valence-corrected chi connectivity index (χ1v) is 6.43. The molecule has 13 heavy (non-hydrogen) atoms. The van der Waals surface area contributed by atoms with E-state index >= 15 is 0 Å². The van der Waals surface area contributed by atoms with E-state index in [9.17, 15) is 0 Å². The van der Waals surface area contributed by atoms with Crippen molar-refractivity contribution in [1.29, 1.82) is 0 Å². The molecule has 0 saturated carbocycles. The summed E-state index contributed by atoms with van der Waals surface area (Å²) in [5.41, 5.74) is 0. The average Bonchev–Trinajstić information content (AvgIpc) is 2.20. The summed E-state index contributed by atoms with van der Waals surface area (Å²) >= 11 is 0. The van der Waals surface area contributed by atoms with Crippen molar-refractivity contribution >= 4 is 8.80 Å².